The molecule has 0 fully saturated rings. The van der Waals surface area contributed by atoms with Gasteiger partial charge in [-0.15, -0.1) is 0 Å². The molecule has 0 aromatic carbocycles. The van der Waals surface area contributed by atoms with Crippen molar-refractivity contribution in [1.29, 1.82) is 0 Å². The van der Waals surface area contributed by atoms with Crippen molar-refractivity contribution in [2.24, 2.45) is 0 Å². The summed E-state index contributed by atoms with van der Waals surface area (Å²) in [5.74, 6) is 2.01. The van der Waals surface area contributed by atoms with Gasteiger partial charge >= 0.3 is 0 Å². The first-order chi connectivity index (χ1) is 7.59. The Labute approximate surface area is 107 Å². The van der Waals surface area contributed by atoms with Gasteiger partial charge in [-0.1, -0.05) is 13.8 Å². The number of anilines is 1. The molecule has 2 rings (SSSR count). The standard InChI is InChI=1S/C10H12IN5/c1-5(2)7-6(11)8(12)16-10(15-7)9-13-3-4-14-9/h3-5H,1-2H3,(H,13,14)(H2,12,15,16). The first kappa shape index (κ1) is 11.3. The zero-order chi connectivity index (χ0) is 11.7. The molecular weight excluding hydrogens is 317 g/mol. The Morgan fingerprint density at radius 2 is 2.12 bits per heavy atom. The maximum absolute atomic E-state index is 5.87. The third-order valence-corrected chi connectivity index (χ3v) is 3.26. The minimum Gasteiger partial charge on any atom is -0.383 e. The van der Waals surface area contributed by atoms with Crippen molar-refractivity contribution in [3.05, 3.63) is 21.7 Å². The molecule has 5 nitrogen and oxygen atoms in total. The molecule has 2 aromatic heterocycles. The molecule has 0 unspecified atom stereocenters. The molecular formula is C10H12IN5. The van der Waals surface area contributed by atoms with Crippen LogP contribution >= 0.6 is 22.6 Å². The highest BCUT2D eigenvalue weighted by molar-refractivity contribution is 14.1. The van der Waals surface area contributed by atoms with Gasteiger partial charge in [0, 0.05) is 12.4 Å². The van der Waals surface area contributed by atoms with Crippen LogP contribution in [0.25, 0.3) is 11.6 Å². The number of halogens is 1. The lowest BCUT2D eigenvalue weighted by atomic mass is 10.1. The Balaban J connectivity index is 2.57. The fourth-order valence-electron chi connectivity index (χ4n) is 1.36. The molecule has 84 valence electrons. The Hall–Kier alpha value is -1.18. The first-order valence-electron chi connectivity index (χ1n) is 4.92. The highest BCUT2D eigenvalue weighted by Gasteiger charge is 2.14. The first-order valence-corrected chi connectivity index (χ1v) is 6.00. The van der Waals surface area contributed by atoms with E-state index in [1.54, 1.807) is 12.4 Å². The van der Waals surface area contributed by atoms with E-state index < -0.39 is 0 Å². The highest BCUT2D eigenvalue weighted by atomic mass is 127. The molecule has 3 N–H and O–H groups in total. The van der Waals surface area contributed by atoms with Gasteiger partial charge in [0.2, 0.25) is 0 Å². The van der Waals surface area contributed by atoms with Gasteiger partial charge in [0.25, 0.3) is 0 Å². The summed E-state index contributed by atoms with van der Waals surface area (Å²) >= 11 is 2.17. The van der Waals surface area contributed by atoms with Crippen molar-refractivity contribution >= 4 is 28.4 Å². The molecule has 0 aliphatic heterocycles. The van der Waals surface area contributed by atoms with E-state index in [1.165, 1.54) is 0 Å². The number of nitrogens with zero attached hydrogens (tertiary/aromatic N) is 3. The van der Waals surface area contributed by atoms with Crippen molar-refractivity contribution in [3.8, 4) is 11.6 Å². The third-order valence-electron chi connectivity index (χ3n) is 2.16. The topological polar surface area (TPSA) is 80.5 Å². The van der Waals surface area contributed by atoms with Crippen molar-refractivity contribution in [3.63, 3.8) is 0 Å². The number of rotatable bonds is 2. The lowest BCUT2D eigenvalue weighted by Crippen LogP contribution is -2.06. The van der Waals surface area contributed by atoms with Crippen LogP contribution in [0.3, 0.4) is 0 Å². The second kappa shape index (κ2) is 4.36. The fraction of sp³-hybridized carbons (Fsp3) is 0.300. The molecule has 2 heterocycles. The van der Waals surface area contributed by atoms with Crippen LogP contribution in [0.1, 0.15) is 25.5 Å². The van der Waals surface area contributed by atoms with Crippen molar-refractivity contribution < 1.29 is 0 Å². The number of aromatic nitrogens is 4. The predicted molar refractivity (Wildman–Crippen MR) is 70.8 cm³/mol. The predicted octanol–water partition coefficient (Wildman–Crippen LogP) is 2.18. The molecule has 2 aromatic rings. The summed E-state index contributed by atoms with van der Waals surface area (Å²) in [6.07, 6.45) is 3.41. The second-order valence-electron chi connectivity index (χ2n) is 3.72. The number of nitrogen functional groups attached to an aromatic ring is 1. The van der Waals surface area contributed by atoms with E-state index in [1.807, 2.05) is 0 Å². The number of imidazole rings is 1. The fourth-order valence-corrected chi connectivity index (χ4v) is 2.22. The SMILES string of the molecule is CC(C)c1nc(-c2ncc[nH]2)nc(N)c1I. The molecule has 0 aliphatic rings. The molecule has 0 amide bonds. The Bertz CT molecular complexity index is 492. The highest BCUT2D eigenvalue weighted by Crippen LogP contribution is 2.25. The largest absolute Gasteiger partial charge is 0.383 e. The number of H-pyrrole nitrogens is 1. The van der Waals surface area contributed by atoms with Crippen molar-refractivity contribution in [2.45, 2.75) is 19.8 Å². The van der Waals surface area contributed by atoms with Crippen LogP contribution in [-0.2, 0) is 0 Å². The molecule has 0 radical (unpaired) electrons. The zero-order valence-electron chi connectivity index (χ0n) is 9.03. The summed E-state index contributed by atoms with van der Waals surface area (Å²) in [6, 6.07) is 0. The van der Waals surface area contributed by atoms with Crippen LogP contribution in [0.5, 0.6) is 0 Å². The normalized spacial score (nSPS) is 11.0. The van der Waals surface area contributed by atoms with Gasteiger partial charge in [-0.05, 0) is 28.5 Å². The Kier molecular flexibility index (Phi) is 3.08. The molecule has 0 aliphatic carbocycles. The van der Waals surface area contributed by atoms with Gasteiger partial charge in [0.05, 0.1) is 9.26 Å². The maximum atomic E-state index is 5.87. The molecule has 0 spiro atoms. The Morgan fingerprint density at radius 1 is 1.38 bits per heavy atom. The van der Waals surface area contributed by atoms with Crippen LogP contribution in [0.15, 0.2) is 12.4 Å². The van der Waals surface area contributed by atoms with E-state index in [4.69, 9.17) is 5.73 Å². The van der Waals surface area contributed by atoms with Crippen LogP contribution < -0.4 is 5.73 Å². The van der Waals surface area contributed by atoms with Crippen LogP contribution in [0, 0.1) is 3.57 Å². The summed E-state index contributed by atoms with van der Waals surface area (Å²) < 4.78 is 0.919. The summed E-state index contributed by atoms with van der Waals surface area (Å²) in [5, 5.41) is 0. The molecule has 0 saturated carbocycles. The van der Waals surface area contributed by atoms with E-state index >= 15 is 0 Å². The van der Waals surface area contributed by atoms with Crippen molar-refractivity contribution in [2.75, 3.05) is 5.73 Å². The van der Waals surface area contributed by atoms with E-state index in [0.717, 1.165) is 9.26 Å². The minimum absolute atomic E-state index is 0.311. The minimum atomic E-state index is 0.311. The lowest BCUT2D eigenvalue weighted by Gasteiger charge is -2.10. The number of aromatic amines is 1. The summed E-state index contributed by atoms with van der Waals surface area (Å²) in [5.41, 5.74) is 6.82. The van der Waals surface area contributed by atoms with Crippen LogP contribution in [-0.4, -0.2) is 19.9 Å². The van der Waals surface area contributed by atoms with E-state index in [-0.39, 0.29) is 0 Å². The van der Waals surface area contributed by atoms with Gasteiger partial charge < -0.3 is 10.7 Å². The molecule has 16 heavy (non-hydrogen) atoms. The average molecular weight is 329 g/mol. The Morgan fingerprint density at radius 3 is 2.69 bits per heavy atom. The summed E-state index contributed by atoms with van der Waals surface area (Å²) in [6.45, 7) is 4.16. The third kappa shape index (κ3) is 2.01. The van der Waals surface area contributed by atoms with E-state index in [9.17, 15) is 0 Å². The van der Waals surface area contributed by atoms with Gasteiger partial charge in [-0.3, -0.25) is 0 Å². The number of hydrogen-bond donors (Lipinski definition) is 2. The average Bonchev–Trinajstić information content (AvgIpc) is 2.74. The van der Waals surface area contributed by atoms with Crippen LogP contribution in [0.4, 0.5) is 5.82 Å². The van der Waals surface area contributed by atoms with Crippen molar-refractivity contribution in [1.82, 2.24) is 19.9 Å². The van der Waals surface area contributed by atoms with E-state index in [2.05, 4.69) is 56.4 Å². The maximum Gasteiger partial charge on any atom is 0.197 e. The number of nitrogens with one attached hydrogen (secondary N) is 1. The second-order valence-corrected chi connectivity index (χ2v) is 4.80. The van der Waals surface area contributed by atoms with Gasteiger partial charge in [0.15, 0.2) is 11.6 Å². The van der Waals surface area contributed by atoms with Gasteiger partial charge in [0.1, 0.15) is 5.82 Å². The molecule has 0 saturated heterocycles. The smallest absolute Gasteiger partial charge is 0.197 e. The number of hydrogen-bond acceptors (Lipinski definition) is 4. The van der Waals surface area contributed by atoms with Gasteiger partial charge in [-0.2, -0.15) is 0 Å². The molecule has 0 bridgehead atoms. The lowest BCUT2D eigenvalue weighted by molar-refractivity contribution is 0.808. The van der Waals surface area contributed by atoms with Crippen LogP contribution in [0.2, 0.25) is 0 Å². The van der Waals surface area contributed by atoms with Gasteiger partial charge in [-0.25, -0.2) is 15.0 Å². The van der Waals surface area contributed by atoms with E-state index in [0.29, 0.717) is 23.4 Å². The molecule has 6 heteroatoms. The summed E-state index contributed by atoms with van der Waals surface area (Å²) in [4.78, 5) is 15.8. The summed E-state index contributed by atoms with van der Waals surface area (Å²) in [7, 11) is 0. The monoisotopic (exact) mass is 329 g/mol. The number of nitrogens with two attached hydrogens (primary N) is 1. The molecule has 0 atom stereocenters. The quantitative estimate of drug-likeness (QED) is 0.828. The zero-order valence-corrected chi connectivity index (χ0v) is 11.2.